The average molecular weight is 505 g/mol. The minimum atomic E-state index is -0.750. The number of benzene rings is 1. The van der Waals surface area contributed by atoms with Gasteiger partial charge in [-0.2, -0.15) is 8.42 Å². The molecule has 3 aromatic rings. The first-order chi connectivity index (χ1) is 16.6. The minimum Gasteiger partial charge on any atom is -0.458 e. The number of ether oxygens (including phenoxy) is 1. The van der Waals surface area contributed by atoms with Gasteiger partial charge in [-0.1, -0.05) is 26.8 Å². The van der Waals surface area contributed by atoms with Crippen LogP contribution in [0.2, 0.25) is 0 Å². The lowest BCUT2D eigenvalue weighted by molar-refractivity contribution is 0.0655. The molecule has 1 aliphatic heterocycles. The van der Waals surface area contributed by atoms with Crippen molar-refractivity contribution in [2.45, 2.75) is 46.5 Å². The standard InChI is InChI=1S/C24H29FN4O3.O2S/c1-15-5-6-19(18(25)11-15)28-22-21-20(26-14-27-22)17(12-31-21)16-7-9-29(10-8-16)23(30)32-13-24(2,3)4;1-3-2/h5-6,11-12,14,16H,7-10,13H2,1-4H3,(H,26,27,28);. The zero-order valence-electron chi connectivity index (χ0n) is 20.2. The van der Waals surface area contributed by atoms with E-state index in [2.05, 4.69) is 15.3 Å². The Morgan fingerprint density at radius 3 is 2.57 bits per heavy atom. The van der Waals surface area contributed by atoms with Gasteiger partial charge in [0, 0.05) is 18.7 Å². The number of fused-ring (bicyclic) bond motifs is 1. The van der Waals surface area contributed by atoms with Crippen LogP contribution in [0.15, 0.2) is 35.2 Å². The van der Waals surface area contributed by atoms with Gasteiger partial charge in [-0.25, -0.2) is 19.2 Å². The molecular weight excluding hydrogens is 475 g/mol. The van der Waals surface area contributed by atoms with E-state index in [-0.39, 0.29) is 23.2 Å². The lowest BCUT2D eigenvalue weighted by atomic mass is 9.90. The highest BCUT2D eigenvalue weighted by Gasteiger charge is 2.28. The van der Waals surface area contributed by atoms with E-state index in [0.29, 0.717) is 42.3 Å². The number of piperidine rings is 1. The second-order valence-electron chi connectivity index (χ2n) is 9.64. The number of nitrogens with zero attached hydrogens (tertiary/aromatic N) is 3. The number of carbonyl (C=O) groups is 1. The summed E-state index contributed by atoms with van der Waals surface area (Å²) in [6, 6.07) is 4.98. The molecule has 0 radical (unpaired) electrons. The summed E-state index contributed by atoms with van der Waals surface area (Å²) in [5.74, 6) is 0.281. The zero-order chi connectivity index (χ0) is 25.6. The van der Waals surface area contributed by atoms with Gasteiger partial charge in [0.25, 0.3) is 0 Å². The molecule has 0 saturated carbocycles. The smallest absolute Gasteiger partial charge is 0.409 e. The lowest BCUT2D eigenvalue weighted by Crippen LogP contribution is -2.39. The fraction of sp³-hybridized carbons (Fsp3) is 0.458. The fourth-order valence-corrected chi connectivity index (χ4v) is 3.84. The van der Waals surface area contributed by atoms with Crippen LogP contribution in [0.3, 0.4) is 0 Å². The number of carbonyl (C=O) groups excluding carboxylic acids is 1. The Balaban J connectivity index is 0.00000108. The van der Waals surface area contributed by atoms with E-state index >= 15 is 0 Å². The van der Waals surface area contributed by atoms with Crippen molar-refractivity contribution in [1.29, 1.82) is 0 Å². The third kappa shape index (κ3) is 6.84. The molecule has 9 nitrogen and oxygen atoms in total. The van der Waals surface area contributed by atoms with Crippen molar-refractivity contribution in [3.63, 3.8) is 0 Å². The van der Waals surface area contributed by atoms with Gasteiger partial charge in [-0.05, 0) is 48.8 Å². The number of anilines is 2. The second-order valence-corrected chi connectivity index (χ2v) is 9.78. The molecule has 1 fully saturated rings. The summed E-state index contributed by atoms with van der Waals surface area (Å²) in [6.07, 6.45) is 4.48. The van der Waals surface area contributed by atoms with Crippen molar-refractivity contribution in [3.05, 3.63) is 47.7 Å². The molecule has 1 aliphatic rings. The fourth-order valence-electron chi connectivity index (χ4n) is 3.84. The van der Waals surface area contributed by atoms with Crippen LogP contribution in [0.4, 0.5) is 20.7 Å². The Morgan fingerprint density at radius 2 is 1.94 bits per heavy atom. The summed E-state index contributed by atoms with van der Waals surface area (Å²) in [5, 5.41) is 3.02. The number of aryl methyl sites for hydroxylation is 1. The summed E-state index contributed by atoms with van der Waals surface area (Å²) in [7, 11) is 0. The Labute approximate surface area is 206 Å². The number of furan rings is 1. The predicted octanol–water partition coefficient (Wildman–Crippen LogP) is 5.11. The number of likely N-dealkylation sites (tertiary alicyclic amines) is 1. The second kappa shape index (κ2) is 11.4. The summed E-state index contributed by atoms with van der Waals surface area (Å²) in [6.45, 7) is 9.57. The molecule has 0 spiro atoms. The molecule has 0 unspecified atom stereocenters. The van der Waals surface area contributed by atoms with Crippen molar-refractivity contribution in [2.75, 3.05) is 25.0 Å². The normalized spacial score (nSPS) is 14.3. The van der Waals surface area contributed by atoms with Crippen LogP contribution >= 0.6 is 0 Å². The molecule has 188 valence electrons. The predicted molar refractivity (Wildman–Crippen MR) is 129 cm³/mol. The van der Waals surface area contributed by atoms with Crippen LogP contribution < -0.4 is 5.32 Å². The first kappa shape index (κ1) is 26.3. The van der Waals surface area contributed by atoms with Crippen molar-refractivity contribution in [1.82, 2.24) is 14.9 Å². The number of amides is 1. The van der Waals surface area contributed by atoms with Crippen LogP contribution in [0.25, 0.3) is 11.1 Å². The maximum absolute atomic E-state index is 14.3. The number of aromatic nitrogens is 2. The molecule has 3 heterocycles. The highest BCUT2D eigenvalue weighted by atomic mass is 32.1. The number of nitrogens with one attached hydrogen (secondary N) is 1. The third-order valence-corrected chi connectivity index (χ3v) is 5.58. The first-order valence-corrected chi connectivity index (χ1v) is 11.9. The van der Waals surface area contributed by atoms with Gasteiger partial charge in [0.05, 0.1) is 18.6 Å². The Hall–Kier alpha value is -3.34. The molecule has 1 amide bonds. The number of halogens is 1. The van der Waals surface area contributed by atoms with Crippen LogP contribution in [0.5, 0.6) is 0 Å². The number of rotatable bonds is 4. The van der Waals surface area contributed by atoms with Gasteiger partial charge in [0.1, 0.15) is 17.7 Å². The molecule has 0 atom stereocenters. The maximum atomic E-state index is 14.3. The molecule has 0 bridgehead atoms. The summed E-state index contributed by atoms with van der Waals surface area (Å²) in [4.78, 5) is 22.8. The SMILES string of the molecule is Cc1ccc(Nc2ncnc3c(C4CCN(C(=O)OCC(C)(C)C)CC4)coc23)c(F)c1.O=S=O. The molecular formula is C24H29FN4O5S. The summed E-state index contributed by atoms with van der Waals surface area (Å²) < 4.78 is 42.1. The van der Waals surface area contributed by atoms with E-state index in [0.717, 1.165) is 24.0 Å². The van der Waals surface area contributed by atoms with Crippen molar-refractivity contribution in [2.24, 2.45) is 5.41 Å². The van der Waals surface area contributed by atoms with Gasteiger partial charge >= 0.3 is 17.7 Å². The van der Waals surface area contributed by atoms with Crippen molar-refractivity contribution < 1.29 is 26.8 Å². The van der Waals surface area contributed by atoms with Crippen LogP contribution in [-0.2, 0) is 16.3 Å². The minimum absolute atomic E-state index is 0.0589. The molecule has 1 saturated heterocycles. The van der Waals surface area contributed by atoms with Crippen LogP contribution in [-0.4, -0.2) is 49.1 Å². The van der Waals surface area contributed by atoms with E-state index in [1.54, 1.807) is 17.2 Å². The Bertz CT molecular complexity index is 1210. The Kier molecular flexibility index (Phi) is 8.55. The molecule has 0 aliphatic carbocycles. The zero-order valence-corrected chi connectivity index (χ0v) is 21.0. The van der Waals surface area contributed by atoms with E-state index in [1.165, 1.54) is 12.4 Å². The van der Waals surface area contributed by atoms with Gasteiger partial charge in [0.2, 0.25) is 0 Å². The third-order valence-electron chi connectivity index (χ3n) is 5.58. The van der Waals surface area contributed by atoms with Gasteiger partial charge < -0.3 is 19.4 Å². The first-order valence-electron chi connectivity index (χ1n) is 11.2. The molecule has 1 aromatic carbocycles. The summed E-state index contributed by atoms with van der Waals surface area (Å²) in [5.41, 5.74) is 3.30. The lowest BCUT2D eigenvalue weighted by Gasteiger charge is -2.31. The molecule has 2 aromatic heterocycles. The molecule has 4 rings (SSSR count). The molecule has 11 heteroatoms. The van der Waals surface area contributed by atoms with E-state index in [4.69, 9.17) is 17.6 Å². The van der Waals surface area contributed by atoms with E-state index in [9.17, 15) is 9.18 Å². The van der Waals surface area contributed by atoms with Gasteiger partial charge in [-0.15, -0.1) is 0 Å². The van der Waals surface area contributed by atoms with Gasteiger partial charge in [-0.3, -0.25) is 0 Å². The van der Waals surface area contributed by atoms with Crippen LogP contribution in [0.1, 0.15) is 50.7 Å². The highest BCUT2D eigenvalue weighted by molar-refractivity contribution is 7.51. The number of hydrogen-bond donors (Lipinski definition) is 1. The topological polar surface area (TPSA) is 115 Å². The monoisotopic (exact) mass is 504 g/mol. The Morgan fingerprint density at radius 1 is 1.26 bits per heavy atom. The van der Waals surface area contributed by atoms with E-state index in [1.807, 2.05) is 33.8 Å². The maximum Gasteiger partial charge on any atom is 0.409 e. The molecule has 35 heavy (non-hydrogen) atoms. The van der Waals surface area contributed by atoms with Gasteiger partial charge in [0.15, 0.2) is 11.4 Å². The molecule has 1 N–H and O–H groups in total. The van der Waals surface area contributed by atoms with E-state index < -0.39 is 11.6 Å². The largest absolute Gasteiger partial charge is 0.458 e. The average Bonchev–Trinajstić information content (AvgIpc) is 3.25. The highest BCUT2D eigenvalue weighted by Crippen LogP contribution is 2.36. The number of hydrogen-bond acceptors (Lipinski definition) is 8. The summed E-state index contributed by atoms with van der Waals surface area (Å²) >= 11 is -0.750. The van der Waals surface area contributed by atoms with Crippen molar-refractivity contribution >= 4 is 40.3 Å². The van der Waals surface area contributed by atoms with Crippen LogP contribution in [0, 0.1) is 18.2 Å². The quantitative estimate of drug-likeness (QED) is 0.522. The van der Waals surface area contributed by atoms with Crippen molar-refractivity contribution in [3.8, 4) is 0 Å².